The maximum atomic E-state index is 11.5. The summed E-state index contributed by atoms with van der Waals surface area (Å²) in [5, 5.41) is 15.1. The summed E-state index contributed by atoms with van der Waals surface area (Å²) in [4.78, 5) is 31.3. The third kappa shape index (κ3) is 7.31. The number of nitrogens with one attached hydrogen (secondary N) is 5. The Hall–Kier alpha value is -4.41. The first-order valence-corrected chi connectivity index (χ1v) is 17.4. The second-order valence-electron chi connectivity index (χ2n) is 12.7. The summed E-state index contributed by atoms with van der Waals surface area (Å²) in [7, 11) is 1.61. The summed E-state index contributed by atoms with van der Waals surface area (Å²) in [6.45, 7) is 2.68. The molecule has 5 aromatic rings. The van der Waals surface area contributed by atoms with Crippen molar-refractivity contribution in [2.75, 3.05) is 20.2 Å². The molecule has 5 N–H and O–H groups in total. The van der Waals surface area contributed by atoms with Gasteiger partial charge in [-0.1, -0.05) is 71.7 Å². The van der Waals surface area contributed by atoms with Crippen LogP contribution in [0.2, 0.25) is 10.0 Å². The Balaban J connectivity index is 1.09. The number of nitrogens with zero attached hydrogens (tertiary/aromatic N) is 1. The summed E-state index contributed by atoms with van der Waals surface area (Å²) in [5.41, 5.74) is 8.07. The minimum absolute atomic E-state index is 0.105. The molecule has 49 heavy (non-hydrogen) atoms. The topological polar surface area (TPSA) is 120 Å². The number of fused-ring (bicyclic) bond motifs is 1. The standard InChI is InChI=1S/C38H38Cl2N6O3/c1-49-38-23(18-41-19-25-10-14-34(47)44-25)9-13-33(46-38)31-7-3-6-30(37(31)40)29-5-2-4-28(36(29)39)22-8-12-32-24(16-22)17-27(43-32)21-42-20-26-11-15-35(48)45-26/h2-9,12-13,16-17,25-26,41-43H,10-11,14-15,18-21H2,1H3,(H,44,47)(H,45,48)/t25-,26+/m0/s1. The molecule has 2 aliphatic rings. The van der Waals surface area contributed by atoms with E-state index in [4.69, 9.17) is 32.9 Å². The number of rotatable bonds is 12. The second kappa shape index (κ2) is 14.6. The van der Waals surface area contributed by atoms with Crippen LogP contribution in [0.15, 0.2) is 72.8 Å². The van der Waals surface area contributed by atoms with Crippen LogP contribution in [-0.4, -0.2) is 54.1 Å². The third-order valence-electron chi connectivity index (χ3n) is 9.27. The minimum Gasteiger partial charge on any atom is -0.481 e. The number of pyridine rings is 1. The van der Waals surface area contributed by atoms with Gasteiger partial charge in [0.2, 0.25) is 17.7 Å². The summed E-state index contributed by atoms with van der Waals surface area (Å²) in [6.07, 6.45) is 2.90. The van der Waals surface area contributed by atoms with Crippen molar-refractivity contribution >= 4 is 45.9 Å². The maximum absolute atomic E-state index is 11.5. The molecule has 2 aliphatic heterocycles. The summed E-state index contributed by atoms with van der Waals surface area (Å²) in [5.74, 6) is 0.750. The van der Waals surface area contributed by atoms with Crippen LogP contribution in [0.4, 0.5) is 0 Å². The quantitative estimate of drug-likeness (QED) is 0.100. The van der Waals surface area contributed by atoms with E-state index in [0.717, 1.165) is 69.4 Å². The maximum Gasteiger partial charge on any atom is 0.220 e. The van der Waals surface area contributed by atoms with Gasteiger partial charge >= 0.3 is 0 Å². The summed E-state index contributed by atoms with van der Waals surface area (Å²) >= 11 is 14.3. The Labute approximate surface area is 295 Å². The van der Waals surface area contributed by atoms with E-state index >= 15 is 0 Å². The van der Waals surface area contributed by atoms with Crippen LogP contribution in [0.25, 0.3) is 44.4 Å². The zero-order chi connectivity index (χ0) is 33.9. The van der Waals surface area contributed by atoms with Gasteiger partial charge in [0.15, 0.2) is 0 Å². The zero-order valence-corrected chi connectivity index (χ0v) is 28.7. The van der Waals surface area contributed by atoms with Gasteiger partial charge < -0.3 is 31.0 Å². The van der Waals surface area contributed by atoms with Gasteiger partial charge in [0, 0.05) is 95.5 Å². The molecule has 3 aromatic carbocycles. The number of hydrogen-bond acceptors (Lipinski definition) is 6. The van der Waals surface area contributed by atoms with E-state index in [2.05, 4.69) is 50.5 Å². The van der Waals surface area contributed by atoms with Gasteiger partial charge in [-0.25, -0.2) is 4.98 Å². The lowest BCUT2D eigenvalue weighted by atomic mass is 9.96. The molecule has 2 atom stereocenters. The monoisotopic (exact) mass is 696 g/mol. The van der Waals surface area contributed by atoms with E-state index in [0.29, 0.717) is 54.1 Å². The lowest BCUT2D eigenvalue weighted by Crippen LogP contribution is -2.35. The van der Waals surface area contributed by atoms with Crippen LogP contribution in [0.1, 0.15) is 36.9 Å². The van der Waals surface area contributed by atoms with Crippen LogP contribution < -0.4 is 26.0 Å². The van der Waals surface area contributed by atoms with E-state index < -0.39 is 0 Å². The number of carbonyl (C=O) groups is 2. The molecular formula is C38H38Cl2N6O3. The highest BCUT2D eigenvalue weighted by molar-refractivity contribution is 6.39. The first-order chi connectivity index (χ1) is 23.9. The number of ether oxygens (including phenoxy) is 1. The van der Waals surface area contributed by atoms with Crippen molar-refractivity contribution in [2.45, 2.75) is 50.9 Å². The molecule has 0 saturated carbocycles. The number of benzene rings is 3. The van der Waals surface area contributed by atoms with Crippen LogP contribution in [0, 0.1) is 0 Å². The minimum atomic E-state index is 0.105. The van der Waals surface area contributed by atoms with Crippen molar-refractivity contribution in [3.05, 3.63) is 94.1 Å². The Morgan fingerprint density at radius 1 is 0.776 bits per heavy atom. The molecule has 0 spiro atoms. The van der Waals surface area contributed by atoms with Gasteiger partial charge in [-0.15, -0.1) is 0 Å². The summed E-state index contributed by atoms with van der Waals surface area (Å²) in [6, 6.07) is 24.6. The van der Waals surface area contributed by atoms with Gasteiger partial charge in [0.1, 0.15) is 0 Å². The van der Waals surface area contributed by atoms with Crippen molar-refractivity contribution in [1.29, 1.82) is 0 Å². The number of carbonyl (C=O) groups excluding carboxylic acids is 2. The number of amides is 2. The highest BCUT2D eigenvalue weighted by Crippen LogP contribution is 2.42. The molecule has 11 heteroatoms. The van der Waals surface area contributed by atoms with E-state index in [9.17, 15) is 9.59 Å². The Bertz CT molecular complexity index is 2030. The van der Waals surface area contributed by atoms with Crippen molar-refractivity contribution in [3.63, 3.8) is 0 Å². The van der Waals surface area contributed by atoms with Crippen LogP contribution in [0.5, 0.6) is 5.88 Å². The fourth-order valence-electron chi connectivity index (χ4n) is 6.71. The SMILES string of the molecule is COc1nc(-c2cccc(-c3cccc(-c4ccc5[nH]c(CNC[C@H]6CCC(=O)N6)cc5c4)c3Cl)c2Cl)ccc1CNC[C@@H]1CCC(=O)N1. The van der Waals surface area contributed by atoms with Crippen LogP contribution >= 0.6 is 23.2 Å². The fraction of sp³-hybridized carbons (Fsp3) is 0.289. The smallest absolute Gasteiger partial charge is 0.220 e. The van der Waals surface area contributed by atoms with Crippen molar-refractivity contribution in [2.24, 2.45) is 0 Å². The third-order valence-corrected chi connectivity index (χ3v) is 10.1. The van der Waals surface area contributed by atoms with Gasteiger partial charge in [-0.2, -0.15) is 0 Å². The van der Waals surface area contributed by atoms with Crippen LogP contribution in [0.3, 0.4) is 0 Å². The molecule has 2 saturated heterocycles. The number of aromatic nitrogens is 2. The van der Waals surface area contributed by atoms with Gasteiger partial charge in [-0.05, 0) is 42.7 Å². The molecule has 0 radical (unpaired) electrons. The average molecular weight is 698 g/mol. The number of halogens is 2. The Morgan fingerprint density at radius 3 is 2.06 bits per heavy atom. The Morgan fingerprint density at radius 2 is 1.41 bits per heavy atom. The number of aromatic amines is 1. The van der Waals surface area contributed by atoms with E-state index in [1.54, 1.807) is 7.11 Å². The van der Waals surface area contributed by atoms with Gasteiger partial charge in [-0.3, -0.25) is 9.59 Å². The molecular weight excluding hydrogens is 659 g/mol. The molecule has 2 amide bonds. The van der Waals surface area contributed by atoms with E-state index in [1.165, 1.54) is 0 Å². The summed E-state index contributed by atoms with van der Waals surface area (Å²) < 4.78 is 5.66. The number of H-pyrrole nitrogens is 1. The first kappa shape index (κ1) is 33.1. The predicted octanol–water partition coefficient (Wildman–Crippen LogP) is 6.62. The number of methoxy groups -OCH3 is 1. The highest BCUT2D eigenvalue weighted by atomic mass is 35.5. The second-order valence-corrected chi connectivity index (χ2v) is 13.4. The molecule has 0 aliphatic carbocycles. The number of hydrogen-bond donors (Lipinski definition) is 5. The van der Waals surface area contributed by atoms with Crippen molar-refractivity contribution in [3.8, 4) is 39.4 Å². The molecule has 252 valence electrons. The lowest BCUT2D eigenvalue weighted by molar-refractivity contribution is -0.120. The molecule has 9 nitrogen and oxygen atoms in total. The zero-order valence-electron chi connectivity index (χ0n) is 27.2. The normalized spacial score (nSPS) is 17.4. The van der Waals surface area contributed by atoms with Gasteiger partial charge in [0.05, 0.1) is 22.8 Å². The fourth-order valence-corrected chi connectivity index (χ4v) is 7.37. The molecule has 2 fully saturated rings. The van der Waals surface area contributed by atoms with Crippen LogP contribution in [-0.2, 0) is 22.7 Å². The van der Waals surface area contributed by atoms with Crippen molar-refractivity contribution in [1.82, 2.24) is 31.2 Å². The Kier molecular flexibility index (Phi) is 9.86. The largest absolute Gasteiger partial charge is 0.481 e. The first-order valence-electron chi connectivity index (χ1n) is 16.6. The molecule has 0 unspecified atom stereocenters. The molecule has 0 bridgehead atoms. The van der Waals surface area contributed by atoms with E-state index in [-0.39, 0.29) is 23.9 Å². The molecule has 2 aromatic heterocycles. The highest BCUT2D eigenvalue weighted by Gasteiger charge is 2.22. The molecule has 7 rings (SSSR count). The lowest BCUT2D eigenvalue weighted by Gasteiger charge is -2.16. The van der Waals surface area contributed by atoms with Crippen molar-refractivity contribution < 1.29 is 14.3 Å². The van der Waals surface area contributed by atoms with E-state index in [1.807, 2.05) is 48.5 Å². The predicted molar refractivity (Wildman–Crippen MR) is 195 cm³/mol. The average Bonchev–Trinajstić information content (AvgIpc) is 3.84. The van der Waals surface area contributed by atoms with Gasteiger partial charge in [0.25, 0.3) is 0 Å². The molecule has 4 heterocycles.